The number of unbranched alkanes of at least 4 members (excludes halogenated alkanes) is 1. The third-order valence-corrected chi connectivity index (χ3v) is 4.33. The standard InChI is InChI=1S/C12H15N3O2S2/c13-12(18)7-3-4-8-15-9-14-19(16,17)11-6-2-1-5-10(11)15/h1-2,5-6,9H,3-4,7-8H2,(H2,13,18). The van der Waals surface area contributed by atoms with Gasteiger partial charge in [0.2, 0.25) is 0 Å². The largest absolute Gasteiger partial charge is 0.393 e. The van der Waals surface area contributed by atoms with E-state index in [4.69, 9.17) is 18.0 Å². The van der Waals surface area contributed by atoms with E-state index in [1.54, 1.807) is 18.2 Å². The van der Waals surface area contributed by atoms with Crippen molar-refractivity contribution in [2.75, 3.05) is 11.4 Å². The quantitative estimate of drug-likeness (QED) is 0.661. The molecule has 1 aromatic carbocycles. The molecule has 19 heavy (non-hydrogen) atoms. The zero-order valence-electron chi connectivity index (χ0n) is 10.3. The number of para-hydroxylation sites is 1. The van der Waals surface area contributed by atoms with Crippen LogP contribution in [0.4, 0.5) is 5.69 Å². The van der Waals surface area contributed by atoms with E-state index in [2.05, 4.69) is 4.40 Å². The number of sulfonamides is 1. The van der Waals surface area contributed by atoms with E-state index in [0.717, 1.165) is 12.8 Å². The summed E-state index contributed by atoms with van der Waals surface area (Å²) in [6, 6.07) is 6.87. The highest BCUT2D eigenvalue weighted by Gasteiger charge is 2.24. The monoisotopic (exact) mass is 297 g/mol. The number of fused-ring (bicyclic) bond motifs is 1. The summed E-state index contributed by atoms with van der Waals surface area (Å²) in [5.74, 6) is 0. The lowest BCUT2D eigenvalue weighted by Gasteiger charge is -2.24. The van der Waals surface area contributed by atoms with E-state index >= 15 is 0 Å². The van der Waals surface area contributed by atoms with Crippen LogP contribution in [0.1, 0.15) is 19.3 Å². The molecular formula is C12H15N3O2S2. The number of rotatable bonds is 5. The molecule has 2 N–H and O–H groups in total. The predicted molar refractivity (Wildman–Crippen MR) is 80.1 cm³/mol. The summed E-state index contributed by atoms with van der Waals surface area (Å²) in [4.78, 5) is 2.61. The topological polar surface area (TPSA) is 75.8 Å². The van der Waals surface area contributed by atoms with Gasteiger partial charge in [-0.2, -0.15) is 8.42 Å². The summed E-state index contributed by atoms with van der Waals surface area (Å²) in [6.07, 6.45) is 3.84. The maximum atomic E-state index is 11.8. The van der Waals surface area contributed by atoms with Crippen LogP contribution in [0.5, 0.6) is 0 Å². The fraction of sp³-hybridized carbons (Fsp3) is 0.333. The van der Waals surface area contributed by atoms with E-state index in [1.807, 2.05) is 11.0 Å². The Morgan fingerprint density at radius 3 is 2.79 bits per heavy atom. The first-order valence-corrected chi connectivity index (χ1v) is 7.80. The molecule has 0 aliphatic carbocycles. The van der Waals surface area contributed by atoms with Crippen LogP contribution in [0.15, 0.2) is 33.6 Å². The van der Waals surface area contributed by atoms with Gasteiger partial charge in [0.25, 0.3) is 10.0 Å². The first kappa shape index (κ1) is 14.0. The molecule has 0 saturated carbocycles. The van der Waals surface area contributed by atoms with Gasteiger partial charge in [0.1, 0.15) is 11.2 Å². The second kappa shape index (κ2) is 5.66. The molecule has 102 valence electrons. The Kier molecular flexibility index (Phi) is 4.16. The van der Waals surface area contributed by atoms with Crippen LogP contribution >= 0.6 is 12.2 Å². The number of hydrogen-bond donors (Lipinski definition) is 1. The molecule has 1 heterocycles. The summed E-state index contributed by atoms with van der Waals surface area (Å²) in [6.45, 7) is 0.693. The number of anilines is 1. The minimum absolute atomic E-state index is 0.256. The Labute approximate surface area is 118 Å². The van der Waals surface area contributed by atoms with Gasteiger partial charge in [-0.3, -0.25) is 0 Å². The van der Waals surface area contributed by atoms with Gasteiger partial charge in [0.05, 0.1) is 10.7 Å². The van der Waals surface area contributed by atoms with Crippen molar-refractivity contribution >= 4 is 39.3 Å². The molecule has 0 atom stereocenters. The highest BCUT2D eigenvalue weighted by atomic mass is 32.2. The van der Waals surface area contributed by atoms with Crippen molar-refractivity contribution in [2.24, 2.45) is 10.1 Å². The van der Waals surface area contributed by atoms with Crippen molar-refractivity contribution in [1.29, 1.82) is 0 Å². The second-order valence-electron chi connectivity index (χ2n) is 4.28. The smallest absolute Gasteiger partial charge is 0.285 e. The summed E-state index contributed by atoms with van der Waals surface area (Å²) in [5, 5.41) is 0. The number of hydrogen-bond acceptors (Lipinski definition) is 4. The highest BCUT2D eigenvalue weighted by Crippen LogP contribution is 2.29. The van der Waals surface area contributed by atoms with Crippen molar-refractivity contribution in [2.45, 2.75) is 24.2 Å². The molecule has 0 saturated heterocycles. The van der Waals surface area contributed by atoms with E-state index in [1.165, 1.54) is 6.34 Å². The molecule has 5 nitrogen and oxygen atoms in total. The van der Waals surface area contributed by atoms with E-state index in [9.17, 15) is 8.42 Å². The third-order valence-electron chi connectivity index (χ3n) is 2.85. The average molecular weight is 297 g/mol. The number of nitrogens with zero attached hydrogens (tertiary/aromatic N) is 2. The number of nitrogens with two attached hydrogens (primary N) is 1. The molecule has 0 unspecified atom stereocenters. The molecule has 0 bridgehead atoms. The fourth-order valence-corrected chi connectivity index (χ4v) is 3.11. The maximum absolute atomic E-state index is 11.8. The minimum Gasteiger partial charge on any atom is -0.393 e. The summed E-state index contributed by atoms with van der Waals surface area (Å²) >= 11 is 4.82. The van der Waals surface area contributed by atoms with Gasteiger partial charge in [-0.25, -0.2) is 0 Å². The summed E-state index contributed by atoms with van der Waals surface area (Å²) < 4.78 is 27.2. The van der Waals surface area contributed by atoms with Crippen LogP contribution in [0.3, 0.4) is 0 Å². The molecule has 0 spiro atoms. The Balaban J connectivity index is 2.10. The number of thiocarbonyl (C=S) groups is 1. The summed E-state index contributed by atoms with van der Waals surface area (Å²) in [5.41, 5.74) is 6.11. The van der Waals surface area contributed by atoms with Gasteiger partial charge in [-0.1, -0.05) is 24.4 Å². The van der Waals surface area contributed by atoms with Crippen LogP contribution in [-0.4, -0.2) is 26.3 Å². The van der Waals surface area contributed by atoms with Crippen molar-refractivity contribution in [3.8, 4) is 0 Å². The van der Waals surface area contributed by atoms with Crippen LogP contribution in [0.2, 0.25) is 0 Å². The van der Waals surface area contributed by atoms with Crippen LogP contribution < -0.4 is 10.6 Å². The zero-order valence-corrected chi connectivity index (χ0v) is 12.0. The van der Waals surface area contributed by atoms with Gasteiger partial charge < -0.3 is 10.6 Å². The van der Waals surface area contributed by atoms with E-state index < -0.39 is 10.0 Å². The van der Waals surface area contributed by atoms with Crippen LogP contribution in [0.25, 0.3) is 0 Å². The van der Waals surface area contributed by atoms with Crippen LogP contribution in [0, 0.1) is 0 Å². The highest BCUT2D eigenvalue weighted by molar-refractivity contribution is 7.90. The van der Waals surface area contributed by atoms with Crippen molar-refractivity contribution in [3.05, 3.63) is 24.3 Å². The lowest BCUT2D eigenvalue weighted by atomic mass is 10.2. The Hall–Kier alpha value is -1.47. The molecule has 1 aromatic rings. The van der Waals surface area contributed by atoms with Crippen molar-refractivity contribution in [1.82, 2.24) is 0 Å². The van der Waals surface area contributed by atoms with Crippen LogP contribution in [-0.2, 0) is 10.0 Å². The van der Waals surface area contributed by atoms with Gasteiger partial charge in [-0.05, 0) is 31.4 Å². The minimum atomic E-state index is -3.53. The maximum Gasteiger partial charge on any atom is 0.285 e. The second-order valence-corrected chi connectivity index (χ2v) is 6.41. The van der Waals surface area contributed by atoms with Gasteiger partial charge >= 0.3 is 0 Å². The normalized spacial score (nSPS) is 16.1. The molecule has 1 aliphatic rings. The molecule has 0 aromatic heterocycles. The van der Waals surface area contributed by atoms with Crippen molar-refractivity contribution < 1.29 is 8.42 Å². The molecule has 0 radical (unpaired) electrons. The zero-order chi connectivity index (χ0) is 13.9. The van der Waals surface area contributed by atoms with Crippen molar-refractivity contribution in [3.63, 3.8) is 0 Å². The molecule has 7 heteroatoms. The molecule has 0 fully saturated rings. The summed E-state index contributed by atoms with van der Waals surface area (Å²) in [7, 11) is -3.53. The lowest BCUT2D eigenvalue weighted by Crippen LogP contribution is -2.28. The van der Waals surface area contributed by atoms with E-state index in [0.29, 0.717) is 23.6 Å². The van der Waals surface area contributed by atoms with Gasteiger partial charge in [0.15, 0.2) is 0 Å². The molecular weight excluding hydrogens is 282 g/mol. The molecule has 1 aliphatic heterocycles. The Morgan fingerprint density at radius 2 is 2.05 bits per heavy atom. The van der Waals surface area contributed by atoms with Gasteiger partial charge in [0, 0.05) is 6.54 Å². The first-order valence-electron chi connectivity index (χ1n) is 5.95. The third kappa shape index (κ3) is 3.30. The Bertz CT molecular complexity index is 611. The first-order chi connectivity index (χ1) is 9.00. The van der Waals surface area contributed by atoms with E-state index in [-0.39, 0.29) is 4.90 Å². The SMILES string of the molecule is NC(=S)CCCCN1C=NS(=O)(=O)c2ccccc21. The lowest BCUT2D eigenvalue weighted by molar-refractivity contribution is 0.597. The molecule has 2 rings (SSSR count). The molecule has 0 amide bonds. The average Bonchev–Trinajstić information content (AvgIpc) is 2.37. The predicted octanol–water partition coefficient (Wildman–Crippen LogP) is 1.68. The Morgan fingerprint density at radius 1 is 1.32 bits per heavy atom. The van der Waals surface area contributed by atoms with Gasteiger partial charge in [-0.15, -0.1) is 4.40 Å². The number of benzene rings is 1. The fourth-order valence-electron chi connectivity index (χ4n) is 1.91.